The van der Waals surface area contributed by atoms with Crippen molar-refractivity contribution in [2.45, 2.75) is 18.0 Å². The van der Waals surface area contributed by atoms with Gasteiger partial charge in [-0.25, -0.2) is 0 Å². The molecule has 0 N–H and O–H groups in total. The van der Waals surface area contributed by atoms with Gasteiger partial charge in [0.25, 0.3) is 0 Å². The summed E-state index contributed by atoms with van der Waals surface area (Å²) in [4.78, 5) is 1.87. The summed E-state index contributed by atoms with van der Waals surface area (Å²) < 4.78 is 36.3. The molecule has 0 aliphatic heterocycles. The molecule has 0 aliphatic carbocycles. The second-order valence-corrected chi connectivity index (χ2v) is 4.30. The summed E-state index contributed by atoms with van der Waals surface area (Å²) in [6, 6.07) is 6.75. The number of halogens is 4. The first-order valence-corrected chi connectivity index (χ1v) is 5.21. The molecule has 0 aromatic heterocycles. The fraction of sp³-hybridized carbons (Fsp3) is 0.455. The predicted octanol–water partition coefficient (Wildman–Crippen LogP) is 3.98. The number of hydrogen-bond acceptors (Lipinski definition) is 1. The minimum absolute atomic E-state index is 0.490. The van der Waals surface area contributed by atoms with Crippen molar-refractivity contribution in [3.63, 3.8) is 0 Å². The van der Waals surface area contributed by atoms with Crippen LogP contribution in [0.3, 0.4) is 0 Å². The maximum atomic E-state index is 12.1. The lowest BCUT2D eigenvalue weighted by molar-refractivity contribution is -0.134. The first kappa shape index (κ1) is 13.2. The van der Waals surface area contributed by atoms with Crippen LogP contribution in [0.1, 0.15) is 17.4 Å². The smallest absolute Gasteiger partial charge is 0.378 e. The van der Waals surface area contributed by atoms with Crippen molar-refractivity contribution in [2.75, 3.05) is 19.0 Å². The van der Waals surface area contributed by atoms with E-state index in [4.69, 9.17) is 11.6 Å². The minimum Gasteiger partial charge on any atom is -0.378 e. The van der Waals surface area contributed by atoms with Gasteiger partial charge in [-0.1, -0.05) is 12.1 Å². The highest BCUT2D eigenvalue weighted by molar-refractivity contribution is 6.20. The fourth-order valence-electron chi connectivity index (χ4n) is 1.30. The van der Waals surface area contributed by atoms with Gasteiger partial charge in [0, 0.05) is 19.8 Å². The molecule has 0 radical (unpaired) electrons. The van der Waals surface area contributed by atoms with Crippen LogP contribution in [0.4, 0.5) is 18.9 Å². The minimum atomic E-state index is -4.23. The van der Waals surface area contributed by atoms with E-state index in [2.05, 4.69) is 0 Å². The predicted molar refractivity (Wildman–Crippen MR) is 60.0 cm³/mol. The first-order chi connectivity index (χ1) is 7.29. The average molecular weight is 252 g/mol. The number of nitrogens with zero attached hydrogens (tertiary/aromatic N) is 1. The standard InChI is InChI=1S/C11H13ClF3N/c1-16(2)9-5-3-8(4-6-9)10(12)7-11(13,14)15/h3-6,10H,7H2,1-2H3. The van der Waals surface area contributed by atoms with E-state index >= 15 is 0 Å². The zero-order valence-corrected chi connectivity index (χ0v) is 9.81. The Kier molecular flexibility index (Phi) is 4.08. The van der Waals surface area contributed by atoms with E-state index in [-0.39, 0.29) is 0 Å². The molecule has 0 bridgehead atoms. The van der Waals surface area contributed by atoms with Crippen molar-refractivity contribution in [1.29, 1.82) is 0 Å². The lowest BCUT2D eigenvalue weighted by Crippen LogP contribution is -2.11. The van der Waals surface area contributed by atoms with E-state index in [1.165, 1.54) is 0 Å². The van der Waals surface area contributed by atoms with Gasteiger partial charge in [0.05, 0.1) is 11.8 Å². The maximum absolute atomic E-state index is 12.1. The second-order valence-electron chi connectivity index (χ2n) is 3.77. The maximum Gasteiger partial charge on any atom is 0.390 e. The molecule has 0 amide bonds. The molecule has 0 spiro atoms. The molecule has 1 nitrogen and oxygen atoms in total. The molecular formula is C11H13ClF3N. The molecule has 1 aromatic carbocycles. The van der Waals surface area contributed by atoms with E-state index in [9.17, 15) is 13.2 Å². The van der Waals surface area contributed by atoms with E-state index in [1.54, 1.807) is 24.3 Å². The van der Waals surface area contributed by atoms with Crippen LogP contribution < -0.4 is 4.90 Å². The molecular weight excluding hydrogens is 239 g/mol. The number of rotatable bonds is 3. The number of anilines is 1. The van der Waals surface area contributed by atoms with Crippen LogP contribution in [-0.4, -0.2) is 20.3 Å². The zero-order valence-electron chi connectivity index (χ0n) is 9.05. The molecule has 0 saturated heterocycles. The number of benzene rings is 1. The van der Waals surface area contributed by atoms with E-state index < -0.39 is 18.0 Å². The Morgan fingerprint density at radius 1 is 1.19 bits per heavy atom. The molecule has 90 valence electrons. The van der Waals surface area contributed by atoms with Crippen molar-refractivity contribution in [3.05, 3.63) is 29.8 Å². The van der Waals surface area contributed by atoms with E-state index in [0.717, 1.165) is 5.69 Å². The van der Waals surface area contributed by atoms with Crippen LogP contribution >= 0.6 is 11.6 Å². The van der Waals surface area contributed by atoms with Gasteiger partial charge in [0.1, 0.15) is 0 Å². The lowest BCUT2D eigenvalue weighted by Gasteiger charge is -2.15. The molecule has 1 rings (SSSR count). The van der Waals surface area contributed by atoms with Gasteiger partial charge in [-0.2, -0.15) is 13.2 Å². The summed E-state index contributed by atoms with van der Waals surface area (Å²) >= 11 is 5.69. The van der Waals surface area contributed by atoms with E-state index in [1.807, 2.05) is 19.0 Å². The highest BCUT2D eigenvalue weighted by atomic mass is 35.5. The van der Waals surface area contributed by atoms with Crippen molar-refractivity contribution in [3.8, 4) is 0 Å². The van der Waals surface area contributed by atoms with Gasteiger partial charge in [0.2, 0.25) is 0 Å². The highest BCUT2D eigenvalue weighted by Crippen LogP contribution is 2.34. The third-order valence-electron chi connectivity index (χ3n) is 2.18. The Morgan fingerprint density at radius 2 is 1.69 bits per heavy atom. The van der Waals surface area contributed by atoms with Crippen molar-refractivity contribution >= 4 is 17.3 Å². The normalized spacial score (nSPS) is 13.6. The van der Waals surface area contributed by atoms with Crippen LogP contribution in [0.2, 0.25) is 0 Å². The average Bonchev–Trinajstić information content (AvgIpc) is 2.15. The largest absolute Gasteiger partial charge is 0.390 e. The van der Waals surface area contributed by atoms with Crippen LogP contribution in [0.25, 0.3) is 0 Å². The first-order valence-electron chi connectivity index (χ1n) is 4.78. The second kappa shape index (κ2) is 4.95. The summed E-state index contributed by atoms with van der Waals surface area (Å²) in [6.07, 6.45) is -5.23. The quantitative estimate of drug-likeness (QED) is 0.735. The Hall–Kier alpha value is -0.900. The van der Waals surface area contributed by atoms with Crippen LogP contribution in [0.15, 0.2) is 24.3 Å². The lowest BCUT2D eigenvalue weighted by atomic mass is 10.1. The number of hydrogen-bond donors (Lipinski definition) is 0. The van der Waals surface area contributed by atoms with Gasteiger partial charge >= 0.3 is 6.18 Å². The van der Waals surface area contributed by atoms with Crippen LogP contribution in [0.5, 0.6) is 0 Å². The summed E-state index contributed by atoms with van der Waals surface area (Å²) in [5, 5.41) is -1.02. The Labute approximate surface area is 97.8 Å². The topological polar surface area (TPSA) is 3.24 Å². The van der Waals surface area contributed by atoms with Crippen molar-refractivity contribution in [1.82, 2.24) is 0 Å². The van der Waals surface area contributed by atoms with E-state index in [0.29, 0.717) is 5.56 Å². The Morgan fingerprint density at radius 3 is 2.06 bits per heavy atom. The third-order valence-corrected chi connectivity index (χ3v) is 2.59. The third kappa shape index (κ3) is 3.93. The van der Waals surface area contributed by atoms with Crippen molar-refractivity contribution in [2.24, 2.45) is 0 Å². The molecule has 5 heteroatoms. The molecule has 1 aromatic rings. The monoisotopic (exact) mass is 251 g/mol. The summed E-state index contributed by atoms with van der Waals surface area (Å²) in [6.45, 7) is 0. The summed E-state index contributed by atoms with van der Waals surface area (Å²) in [5.41, 5.74) is 1.42. The molecule has 1 unspecified atom stereocenters. The summed E-state index contributed by atoms with van der Waals surface area (Å²) in [7, 11) is 3.73. The fourth-order valence-corrected chi connectivity index (χ4v) is 1.62. The van der Waals surface area contributed by atoms with Gasteiger partial charge in [-0.05, 0) is 17.7 Å². The van der Waals surface area contributed by atoms with Gasteiger partial charge in [-0.3, -0.25) is 0 Å². The SMILES string of the molecule is CN(C)c1ccc(C(Cl)CC(F)(F)F)cc1. The summed E-state index contributed by atoms with van der Waals surface area (Å²) in [5.74, 6) is 0. The van der Waals surface area contributed by atoms with Crippen LogP contribution in [-0.2, 0) is 0 Å². The molecule has 0 aliphatic rings. The zero-order chi connectivity index (χ0) is 12.3. The Balaban J connectivity index is 2.74. The molecule has 1 atom stereocenters. The Bertz CT molecular complexity index is 332. The van der Waals surface area contributed by atoms with Crippen molar-refractivity contribution < 1.29 is 13.2 Å². The highest BCUT2D eigenvalue weighted by Gasteiger charge is 2.31. The van der Waals surface area contributed by atoms with Gasteiger partial charge < -0.3 is 4.90 Å². The molecule has 0 heterocycles. The van der Waals surface area contributed by atoms with Gasteiger partial charge in [-0.15, -0.1) is 11.6 Å². The van der Waals surface area contributed by atoms with Crippen LogP contribution in [0, 0.1) is 0 Å². The molecule has 16 heavy (non-hydrogen) atoms. The van der Waals surface area contributed by atoms with Gasteiger partial charge in [0.15, 0.2) is 0 Å². The molecule has 0 fully saturated rings. The number of alkyl halides is 4. The molecule has 0 saturated carbocycles.